The van der Waals surface area contributed by atoms with Gasteiger partial charge in [-0.1, -0.05) is 0 Å². The van der Waals surface area contributed by atoms with Gasteiger partial charge in [-0.25, -0.2) is 29.7 Å². The van der Waals surface area contributed by atoms with Crippen molar-refractivity contribution in [3.63, 3.8) is 0 Å². The van der Waals surface area contributed by atoms with E-state index in [0.29, 0.717) is 49.5 Å². The Morgan fingerprint density at radius 1 is 1.17 bits per heavy atom. The molecule has 1 aliphatic heterocycles. The SMILES string of the molecule is Nc1ncnc2c1ncn2Cc1nc2cccnc2n1C1CCN(C(=O)O)CC1. The topological polar surface area (TPSA) is 141 Å². The van der Waals surface area contributed by atoms with Gasteiger partial charge in [0.2, 0.25) is 0 Å². The number of hydrogen-bond donors (Lipinski definition) is 2. The van der Waals surface area contributed by atoms with E-state index in [-0.39, 0.29) is 6.04 Å². The van der Waals surface area contributed by atoms with Crippen LogP contribution in [0, 0.1) is 0 Å². The molecule has 1 saturated heterocycles. The predicted octanol–water partition coefficient (Wildman–Crippen LogP) is 1.52. The number of rotatable bonds is 3. The fourth-order valence-electron chi connectivity index (χ4n) is 3.95. The van der Waals surface area contributed by atoms with Crippen LogP contribution in [-0.4, -0.2) is 63.2 Å². The molecule has 0 saturated carbocycles. The summed E-state index contributed by atoms with van der Waals surface area (Å²) in [5.74, 6) is 1.16. The number of amides is 1. The number of anilines is 1. The molecular weight excluding hydrogens is 374 g/mol. The number of nitrogen functional groups attached to an aromatic ring is 1. The molecule has 0 aliphatic carbocycles. The molecule has 5 rings (SSSR count). The standard InChI is InChI=1S/C18H19N9O2/c19-15-14-17(22-9-21-15)26(10-23-14)8-13-24-12-2-1-5-20-16(12)27(13)11-3-6-25(7-4-11)18(28)29/h1-2,5,9-11H,3-4,6-8H2,(H,28,29)(H2,19,21,22). The zero-order valence-corrected chi connectivity index (χ0v) is 15.5. The third-order valence-electron chi connectivity index (χ3n) is 5.36. The molecule has 29 heavy (non-hydrogen) atoms. The highest BCUT2D eigenvalue weighted by molar-refractivity contribution is 5.81. The number of piperidine rings is 1. The van der Waals surface area contributed by atoms with Gasteiger partial charge in [0.25, 0.3) is 0 Å². The Morgan fingerprint density at radius 3 is 2.79 bits per heavy atom. The molecule has 148 valence electrons. The van der Waals surface area contributed by atoms with Crippen molar-refractivity contribution < 1.29 is 9.90 Å². The molecule has 4 aromatic heterocycles. The molecule has 1 aliphatic rings. The number of nitrogens with two attached hydrogens (primary N) is 1. The zero-order chi connectivity index (χ0) is 20.0. The lowest BCUT2D eigenvalue weighted by Crippen LogP contribution is -2.38. The number of imidazole rings is 2. The fraction of sp³-hybridized carbons (Fsp3) is 0.333. The quantitative estimate of drug-likeness (QED) is 0.534. The van der Waals surface area contributed by atoms with Crippen LogP contribution in [-0.2, 0) is 6.54 Å². The van der Waals surface area contributed by atoms with E-state index >= 15 is 0 Å². The van der Waals surface area contributed by atoms with Crippen LogP contribution in [0.2, 0.25) is 0 Å². The molecule has 0 aromatic carbocycles. The molecule has 0 unspecified atom stereocenters. The van der Waals surface area contributed by atoms with Crippen molar-refractivity contribution in [2.24, 2.45) is 0 Å². The van der Waals surface area contributed by atoms with Crippen molar-refractivity contribution in [2.75, 3.05) is 18.8 Å². The summed E-state index contributed by atoms with van der Waals surface area (Å²) in [6, 6.07) is 3.91. The van der Waals surface area contributed by atoms with Crippen LogP contribution in [0.3, 0.4) is 0 Å². The van der Waals surface area contributed by atoms with Crippen LogP contribution in [0.4, 0.5) is 10.6 Å². The second-order valence-corrected chi connectivity index (χ2v) is 7.05. The van der Waals surface area contributed by atoms with Gasteiger partial charge in [-0.05, 0) is 25.0 Å². The van der Waals surface area contributed by atoms with Gasteiger partial charge in [-0.2, -0.15) is 0 Å². The van der Waals surface area contributed by atoms with Crippen molar-refractivity contribution in [2.45, 2.75) is 25.4 Å². The van der Waals surface area contributed by atoms with E-state index in [1.165, 1.54) is 11.2 Å². The van der Waals surface area contributed by atoms with Crippen LogP contribution in [0.5, 0.6) is 0 Å². The summed E-state index contributed by atoms with van der Waals surface area (Å²) < 4.78 is 4.02. The number of likely N-dealkylation sites (tertiary alicyclic amines) is 1. The Kier molecular flexibility index (Phi) is 4.00. The van der Waals surface area contributed by atoms with Crippen molar-refractivity contribution in [3.8, 4) is 0 Å². The average molecular weight is 393 g/mol. The largest absolute Gasteiger partial charge is 0.465 e. The Morgan fingerprint density at radius 2 is 2.00 bits per heavy atom. The minimum Gasteiger partial charge on any atom is -0.465 e. The third-order valence-corrected chi connectivity index (χ3v) is 5.36. The lowest BCUT2D eigenvalue weighted by Gasteiger charge is -2.31. The highest BCUT2D eigenvalue weighted by atomic mass is 16.4. The van der Waals surface area contributed by atoms with Crippen LogP contribution in [0.15, 0.2) is 31.0 Å². The van der Waals surface area contributed by atoms with Gasteiger partial charge in [0.1, 0.15) is 23.2 Å². The Hall–Kier alpha value is -3.76. The second-order valence-electron chi connectivity index (χ2n) is 7.05. The lowest BCUT2D eigenvalue weighted by atomic mass is 10.0. The maximum Gasteiger partial charge on any atom is 0.407 e. The van der Waals surface area contributed by atoms with Gasteiger partial charge in [0, 0.05) is 25.3 Å². The monoisotopic (exact) mass is 393 g/mol. The maximum atomic E-state index is 11.3. The highest BCUT2D eigenvalue weighted by Gasteiger charge is 2.27. The molecule has 0 spiro atoms. The number of nitrogens with zero attached hydrogens (tertiary/aromatic N) is 8. The number of aromatic nitrogens is 7. The molecule has 0 radical (unpaired) electrons. The zero-order valence-electron chi connectivity index (χ0n) is 15.5. The third kappa shape index (κ3) is 2.91. The molecule has 3 N–H and O–H groups in total. The Bertz CT molecular complexity index is 1210. The van der Waals surface area contributed by atoms with Gasteiger partial charge in [-0.15, -0.1) is 0 Å². The molecule has 4 aromatic rings. The molecule has 11 heteroatoms. The van der Waals surface area contributed by atoms with Gasteiger partial charge in [-0.3, -0.25) is 0 Å². The van der Waals surface area contributed by atoms with E-state index in [9.17, 15) is 9.90 Å². The van der Waals surface area contributed by atoms with Crippen LogP contribution < -0.4 is 5.73 Å². The first kappa shape index (κ1) is 17.3. The van der Waals surface area contributed by atoms with Crippen molar-refractivity contribution >= 4 is 34.2 Å². The molecule has 0 bridgehead atoms. The predicted molar refractivity (Wildman–Crippen MR) is 104 cm³/mol. The van der Waals surface area contributed by atoms with Gasteiger partial charge in [0.15, 0.2) is 17.1 Å². The van der Waals surface area contributed by atoms with Crippen LogP contribution >= 0.6 is 0 Å². The van der Waals surface area contributed by atoms with Gasteiger partial charge in [0.05, 0.1) is 12.9 Å². The summed E-state index contributed by atoms with van der Waals surface area (Å²) in [4.78, 5) is 34.7. The fourth-order valence-corrected chi connectivity index (χ4v) is 3.95. The smallest absolute Gasteiger partial charge is 0.407 e. The summed E-state index contributed by atoms with van der Waals surface area (Å²) in [5.41, 5.74) is 8.71. The first-order chi connectivity index (χ1) is 14.1. The molecule has 0 atom stereocenters. The number of fused-ring (bicyclic) bond motifs is 2. The minimum absolute atomic E-state index is 0.120. The first-order valence-corrected chi connectivity index (χ1v) is 9.33. The average Bonchev–Trinajstić information content (AvgIpc) is 3.30. The van der Waals surface area contributed by atoms with Crippen LogP contribution in [0.1, 0.15) is 24.7 Å². The minimum atomic E-state index is -0.876. The second kappa shape index (κ2) is 6.69. The lowest BCUT2D eigenvalue weighted by molar-refractivity contribution is 0.125. The van der Waals surface area contributed by atoms with Crippen LogP contribution in [0.25, 0.3) is 22.3 Å². The van der Waals surface area contributed by atoms with Crippen molar-refractivity contribution in [1.29, 1.82) is 0 Å². The van der Waals surface area contributed by atoms with Gasteiger partial charge < -0.3 is 24.9 Å². The van der Waals surface area contributed by atoms with Crippen molar-refractivity contribution in [1.82, 2.24) is 39.0 Å². The summed E-state index contributed by atoms with van der Waals surface area (Å²) in [5, 5.41) is 9.24. The first-order valence-electron chi connectivity index (χ1n) is 9.33. The van der Waals surface area contributed by atoms with E-state index in [4.69, 9.17) is 10.7 Å². The summed E-state index contributed by atoms with van der Waals surface area (Å²) >= 11 is 0. The highest BCUT2D eigenvalue weighted by Crippen LogP contribution is 2.29. The van der Waals surface area contributed by atoms with Crippen molar-refractivity contribution in [3.05, 3.63) is 36.8 Å². The molecule has 5 heterocycles. The molecular formula is C18H19N9O2. The number of pyridine rings is 1. The number of carbonyl (C=O) groups is 1. The van der Waals surface area contributed by atoms with E-state index in [1.807, 2.05) is 16.7 Å². The number of hydrogen-bond acceptors (Lipinski definition) is 7. The summed E-state index contributed by atoms with van der Waals surface area (Å²) in [6.45, 7) is 1.43. The van der Waals surface area contributed by atoms with Gasteiger partial charge >= 0.3 is 6.09 Å². The summed E-state index contributed by atoms with van der Waals surface area (Å²) in [6.07, 6.45) is 5.39. The normalized spacial score (nSPS) is 15.4. The van der Waals surface area contributed by atoms with E-state index < -0.39 is 6.09 Å². The maximum absolute atomic E-state index is 11.3. The molecule has 1 amide bonds. The Balaban J connectivity index is 1.55. The van der Waals surface area contributed by atoms with E-state index in [1.54, 1.807) is 12.5 Å². The van der Waals surface area contributed by atoms with E-state index in [0.717, 1.165) is 17.0 Å². The number of carboxylic acid groups (broad SMARTS) is 1. The summed E-state index contributed by atoms with van der Waals surface area (Å²) in [7, 11) is 0. The van der Waals surface area contributed by atoms with E-state index in [2.05, 4.69) is 24.5 Å². The Labute approximate surface area is 164 Å². The molecule has 1 fully saturated rings. The molecule has 11 nitrogen and oxygen atoms in total.